The summed E-state index contributed by atoms with van der Waals surface area (Å²) in [6, 6.07) is 32.0. The Hall–Kier alpha value is -4.74. The third-order valence-electron chi connectivity index (χ3n) is 6.86. The van der Waals surface area contributed by atoms with Crippen molar-refractivity contribution in [3.05, 3.63) is 131 Å². The molecule has 0 saturated carbocycles. The third-order valence-corrected chi connectivity index (χ3v) is 9.20. The van der Waals surface area contributed by atoms with E-state index >= 15 is 0 Å². The number of carbonyl (C=O) groups is 2. The Labute approximate surface area is 283 Å². The molecule has 0 saturated heterocycles. The molecule has 1 N–H and O–H groups in total. The number of sulfone groups is 1. The molecule has 0 fully saturated rings. The van der Waals surface area contributed by atoms with Crippen molar-refractivity contribution in [2.45, 2.75) is 30.9 Å². The molecule has 244 valence electrons. The number of fused-ring (bicyclic) bond motifs is 1. The molecule has 1 heterocycles. The second kappa shape index (κ2) is 17.3. The van der Waals surface area contributed by atoms with Crippen molar-refractivity contribution in [2.24, 2.45) is 0 Å². The lowest BCUT2D eigenvalue weighted by Crippen LogP contribution is -2.46. The fraction of sp³-hybridized carbons (Fsp3) is 0.194. The summed E-state index contributed by atoms with van der Waals surface area (Å²) in [5.74, 6) is -0.272. The molecule has 1 aromatic heterocycles. The Morgan fingerprint density at radius 3 is 2.17 bits per heavy atom. The number of nitrogens with one attached hydrogen (secondary N) is 1. The predicted molar refractivity (Wildman–Crippen MR) is 184 cm³/mol. The van der Waals surface area contributed by atoms with Crippen LogP contribution in [0.15, 0.2) is 125 Å². The van der Waals surface area contributed by atoms with E-state index in [0.717, 1.165) is 15.6 Å². The van der Waals surface area contributed by atoms with Crippen molar-refractivity contribution in [3.8, 4) is 11.5 Å². The Bertz CT molecular complexity index is 1800. The van der Waals surface area contributed by atoms with Gasteiger partial charge in [0.05, 0.1) is 29.9 Å². The third kappa shape index (κ3) is 10.7. The second-order valence-corrected chi connectivity index (χ2v) is 13.2. The summed E-state index contributed by atoms with van der Waals surface area (Å²) < 4.78 is 41.7. The zero-order valence-electron chi connectivity index (χ0n) is 26.0. The van der Waals surface area contributed by atoms with Crippen LogP contribution in [0.25, 0.3) is 10.9 Å². The van der Waals surface area contributed by atoms with Gasteiger partial charge in [0.15, 0.2) is 9.84 Å². The first-order valence-electron chi connectivity index (χ1n) is 14.8. The van der Waals surface area contributed by atoms with E-state index in [4.69, 9.17) is 14.2 Å². The maximum Gasteiger partial charge on any atom is 0.369 e. The van der Waals surface area contributed by atoms with Crippen molar-refractivity contribution in [2.75, 3.05) is 19.5 Å². The second-order valence-electron chi connectivity index (χ2n) is 10.2. The number of rotatable bonds is 12. The number of carbonyl (C=O) groups excluding carboxylic acids is 2. The number of ether oxygens (including phenoxy) is 3. The molecule has 1 amide bonds. The summed E-state index contributed by atoms with van der Waals surface area (Å²) in [4.78, 5) is 29.5. The molecule has 0 aliphatic heterocycles. The minimum Gasteiger partial charge on any atom is -0.497 e. The molecule has 4 aromatic carbocycles. The quantitative estimate of drug-likeness (QED) is 0.111. The highest BCUT2D eigenvalue weighted by molar-refractivity contribution is 9.10. The van der Waals surface area contributed by atoms with Crippen LogP contribution in [-0.2, 0) is 25.8 Å². The number of halogens is 1. The van der Waals surface area contributed by atoms with Crippen LogP contribution < -0.4 is 14.8 Å². The van der Waals surface area contributed by atoms with Crippen LogP contribution in [0, 0.1) is 0 Å². The Kier molecular flexibility index (Phi) is 12.9. The topological polar surface area (TPSA) is 121 Å². The summed E-state index contributed by atoms with van der Waals surface area (Å²) in [6.07, 6.45) is 1.45. The van der Waals surface area contributed by atoms with E-state index in [2.05, 4.69) is 38.4 Å². The van der Waals surface area contributed by atoms with Crippen LogP contribution in [-0.4, -0.2) is 51.0 Å². The van der Waals surface area contributed by atoms with Crippen molar-refractivity contribution < 1.29 is 32.2 Å². The van der Waals surface area contributed by atoms with E-state index in [1.807, 2.05) is 30.5 Å². The highest BCUT2D eigenvalue weighted by Gasteiger charge is 2.25. The van der Waals surface area contributed by atoms with E-state index in [1.54, 1.807) is 79.7 Å². The van der Waals surface area contributed by atoms with E-state index in [9.17, 15) is 18.0 Å². The van der Waals surface area contributed by atoms with Gasteiger partial charge in [0.25, 0.3) is 12.1 Å². The summed E-state index contributed by atoms with van der Waals surface area (Å²) in [6.45, 7) is 1.78. The van der Waals surface area contributed by atoms with Crippen LogP contribution in [0.3, 0.4) is 0 Å². The zero-order chi connectivity index (χ0) is 33.6. The van der Waals surface area contributed by atoms with Gasteiger partial charge in [-0.1, -0.05) is 52.3 Å². The summed E-state index contributed by atoms with van der Waals surface area (Å²) in [5, 5.41) is 3.74. The minimum atomic E-state index is -3.37. The largest absolute Gasteiger partial charge is 0.497 e. The average Bonchev–Trinajstić information content (AvgIpc) is 3.09. The first kappa shape index (κ1) is 35.1. The van der Waals surface area contributed by atoms with Crippen molar-refractivity contribution in [1.82, 2.24) is 10.3 Å². The fourth-order valence-corrected chi connectivity index (χ4v) is 5.99. The van der Waals surface area contributed by atoms with Gasteiger partial charge in [0.2, 0.25) is 0 Å². The van der Waals surface area contributed by atoms with E-state index in [1.165, 1.54) is 12.5 Å². The highest BCUT2D eigenvalue weighted by atomic mass is 79.9. The number of amides is 1. The molecule has 9 nitrogen and oxygen atoms in total. The first-order chi connectivity index (χ1) is 22.7. The highest BCUT2D eigenvalue weighted by Crippen LogP contribution is 2.19. The van der Waals surface area contributed by atoms with Gasteiger partial charge in [-0.15, -0.1) is 0 Å². The van der Waals surface area contributed by atoms with Gasteiger partial charge >= 0.3 is 5.97 Å². The molecular weight excluding hydrogens is 684 g/mol. The number of benzene rings is 4. The molecule has 0 aliphatic rings. The molecule has 0 bridgehead atoms. The summed E-state index contributed by atoms with van der Waals surface area (Å²) >= 11 is 3.30. The van der Waals surface area contributed by atoms with E-state index in [-0.39, 0.29) is 12.4 Å². The van der Waals surface area contributed by atoms with E-state index in [0.29, 0.717) is 34.8 Å². The van der Waals surface area contributed by atoms with Gasteiger partial charge in [-0.3, -0.25) is 9.78 Å². The molecule has 0 spiro atoms. The fourth-order valence-electron chi connectivity index (χ4n) is 4.41. The van der Waals surface area contributed by atoms with Gasteiger partial charge in [-0.25, -0.2) is 13.2 Å². The monoisotopic (exact) mass is 718 g/mol. The SMILES string of the molecule is CCOC(=O)C(NC(=O)c1ccc(OC)cc1)Oc1ccc(CCCS(=O)(=O)c2ccc(Br)cc2)cc1.c1ccc2ncccc2c1. The number of para-hydroxylation sites is 1. The van der Waals surface area contributed by atoms with Crippen molar-refractivity contribution in [1.29, 1.82) is 0 Å². The lowest BCUT2D eigenvalue weighted by Gasteiger charge is -2.19. The van der Waals surface area contributed by atoms with Gasteiger partial charge in [0, 0.05) is 21.6 Å². The Morgan fingerprint density at radius 1 is 0.851 bits per heavy atom. The van der Waals surface area contributed by atoms with Crippen molar-refractivity contribution >= 4 is 48.5 Å². The molecule has 11 heteroatoms. The van der Waals surface area contributed by atoms with Gasteiger partial charge < -0.3 is 19.5 Å². The van der Waals surface area contributed by atoms with Crippen LogP contribution in [0.1, 0.15) is 29.3 Å². The van der Waals surface area contributed by atoms with E-state index < -0.39 is 27.9 Å². The molecule has 1 atom stereocenters. The van der Waals surface area contributed by atoms with Gasteiger partial charge in [-0.2, -0.15) is 0 Å². The van der Waals surface area contributed by atoms with Crippen LogP contribution >= 0.6 is 15.9 Å². The number of esters is 1. The minimum absolute atomic E-state index is 0.0230. The zero-order valence-corrected chi connectivity index (χ0v) is 28.4. The maximum atomic E-state index is 12.6. The summed E-state index contributed by atoms with van der Waals surface area (Å²) in [5.41, 5.74) is 2.30. The molecule has 0 radical (unpaired) electrons. The smallest absolute Gasteiger partial charge is 0.369 e. The predicted octanol–water partition coefficient (Wildman–Crippen LogP) is 6.80. The number of methoxy groups -OCH3 is 1. The lowest BCUT2D eigenvalue weighted by atomic mass is 10.1. The van der Waals surface area contributed by atoms with Crippen LogP contribution in [0.2, 0.25) is 0 Å². The number of hydrogen-bond acceptors (Lipinski definition) is 8. The first-order valence-corrected chi connectivity index (χ1v) is 17.3. The van der Waals surface area contributed by atoms with Crippen molar-refractivity contribution in [3.63, 3.8) is 0 Å². The standard InChI is InChI=1S/C27H28BrNO7S.C9H7N/c1-3-35-27(31)26(29-25(30)20-8-14-22(34-2)15-9-20)36-23-12-6-19(7-13-23)5-4-18-37(32,33)24-16-10-21(28)11-17-24;1-2-6-9-8(4-1)5-3-7-10-9/h6-17,26H,3-5,18H2,1-2H3,(H,29,30);1-7H. The molecule has 5 rings (SSSR count). The summed E-state index contributed by atoms with van der Waals surface area (Å²) in [7, 11) is -1.84. The van der Waals surface area contributed by atoms with Crippen LogP contribution in [0.4, 0.5) is 0 Å². The molecule has 0 aliphatic carbocycles. The molecular formula is C36H35BrN2O7S. The molecule has 47 heavy (non-hydrogen) atoms. The average molecular weight is 720 g/mol. The number of aromatic nitrogens is 1. The lowest BCUT2D eigenvalue weighted by molar-refractivity contribution is -0.152. The molecule has 5 aromatic rings. The van der Waals surface area contributed by atoms with Gasteiger partial charge in [0.1, 0.15) is 11.5 Å². The number of pyridine rings is 1. The Balaban J connectivity index is 0.000000420. The van der Waals surface area contributed by atoms with Crippen LogP contribution in [0.5, 0.6) is 11.5 Å². The molecule has 1 unspecified atom stereocenters. The Morgan fingerprint density at radius 2 is 1.51 bits per heavy atom. The van der Waals surface area contributed by atoms with Gasteiger partial charge in [-0.05, 0) is 98.1 Å². The number of hydrogen-bond donors (Lipinski definition) is 1. The number of nitrogens with zero attached hydrogens (tertiary/aromatic N) is 1. The number of aryl methyl sites for hydroxylation is 1. The maximum absolute atomic E-state index is 12.6. The normalized spacial score (nSPS) is 11.5.